The van der Waals surface area contributed by atoms with Crippen LogP contribution in [0.3, 0.4) is 0 Å². The van der Waals surface area contributed by atoms with E-state index in [1.165, 1.54) is 25.3 Å². The number of anilines is 1. The van der Waals surface area contributed by atoms with Crippen LogP contribution in [0.1, 0.15) is 48.5 Å². The number of amides is 2. The second-order valence-corrected chi connectivity index (χ2v) is 7.95. The summed E-state index contributed by atoms with van der Waals surface area (Å²) in [7, 11) is 0. The number of piperidine rings is 1. The highest BCUT2D eigenvalue weighted by Gasteiger charge is 2.40. The fraction of sp³-hybridized carbons (Fsp3) is 0.391. The Bertz CT molecular complexity index is 838. The van der Waals surface area contributed by atoms with Gasteiger partial charge in [-0.25, -0.2) is 4.79 Å². The van der Waals surface area contributed by atoms with Gasteiger partial charge < -0.3 is 10.6 Å². The molecule has 2 heterocycles. The van der Waals surface area contributed by atoms with E-state index in [-0.39, 0.29) is 17.9 Å². The Labute approximate surface area is 166 Å². The lowest BCUT2D eigenvalue weighted by Crippen LogP contribution is -2.50. The molecule has 0 aromatic heterocycles. The summed E-state index contributed by atoms with van der Waals surface area (Å²) >= 11 is 0. The molecule has 28 heavy (non-hydrogen) atoms. The van der Waals surface area contributed by atoms with E-state index in [1.807, 2.05) is 0 Å². The third-order valence-electron chi connectivity index (χ3n) is 5.95. The number of hydrogen-bond donors (Lipinski definition) is 2. The molecule has 2 bridgehead atoms. The molecule has 2 saturated heterocycles. The molecule has 2 aromatic rings. The summed E-state index contributed by atoms with van der Waals surface area (Å²) < 4.78 is 0. The molecule has 4 rings (SSSR count). The van der Waals surface area contributed by atoms with Gasteiger partial charge in [0.05, 0.1) is 0 Å². The van der Waals surface area contributed by atoms with Gasteiger partial charge in [0, 0.05) is 35.9 Å². The van der Waals surface area contributed by atoms with Crippen molar-refractivity contribution in [3.63, 3.8) is 0 Å². The molecule has 1 unspecified atom stereocenters. The molecule has 5 heteroatoms. The Morgan fingerprint density at radius 2 is 1.71 bits per heavy atom. The van der Waals surface area contributed by atoms with Gasteiger partial charge in [-0.15, -0.1) is 0 Å². The van der Waals surface area contributed by atoms with Gasteiger partial charge in [-0.2, -0.15) is 0 Å². The standard InChI is InChI=1S/C23H27N3O2/c1-16(27)18-8-5-9-19(12-18)24-23(28)25-20-13-21-10-11-22(14-20)26(21)15-17-6-3-2-4-7-17/h2-9,12,20-22H,10-11,13-15H2,1H3,(H2,24,25,28)/t20?,21-,22+. The van der Waals surface area contributed by atoms with E-state index in [2.05, 4.69) is 45.9 Å². The molecule has 0 radical (unpaired) electrons. The Morgan fingerprint density at radius 1 is 1.00 bits per heavy atom. The van der Waals surface area contributed by atoms with Crippen molar-refractivity contribution in [3.8, 4) is 0 Å². The zero-order chi connectivity index (χ0) is 19.5. The van der Waals surface area contributed by atoms with Crippen molar-refractivity contribution in [2.45, 2.75) is 57.3 Å². The second kappa shape index (κ2) is 8.15. The fourth-order valence-electron chi connectivity index (χ4n) is 4.61. The predicted molar refractivity (Wildman–Crippen MR) is 110 cm³/mol. The number of ketones is 1. The number of fused-ring (bicyclic) bond motifs is 2. The summed E-state index contributed by atoms with van der Waals surface area (Å²) in [4.78, 5) is 26.6. The van der Waals surface area contributed by atoms with Crippen LogP contribution in [0.5, 0.6) is 0 Å². The summed E-state index contributed by atoms with van der Waals surface area (Å²) in [6.07, 6.45) is 4.39. The van der Waals surface area contributed by atoms with Gasteiger partial charge in [-0.3, -0.25) is 9.69 Å². The number of nitrogens with zero attached hydrogens (tertiary/aromatic N) is 1. The number of rotatable bonds is 5. The first kappa shape index (κ1) is 18.7. The Morgan fingerprint density at radius 3 is 2.39 bits per heavy atom. The Kier molecular flexibility index (Phi) is 5.44. The van der Waals surface area contributed by atoms with E-state index < -0.39 is 0 Å². The molecule has 5 nitrogen and oxygen atoms in total. The quantitative estimate of drug-likeness (QED) is 0.768. The van der Waals surface area contributed by atoms with E-state index in [4.69, 9.17) is 0 Å². The Balaban J connectivity index is 1.33. The molecule has 146 valence electrons. The van der Waals surface area contributed by atoms with Crippen molar-refractivity contribution >= 4 is 17.5 Å². The van der Waals surface area contributed by atoms with Crippen LogP contribution in [0.2, 0.25) is 0 Å². The molecule has 2 aliphatic heterocycles. The van der Waals surface area contributed by atoms with Gasteiger partial charge in [0.15, 0.2) is 5.78 Å². The molecule has 3 atom stereocenters. The smallest absolute Gasteiger partial charge is 0.319 e. The van der Waals surface area contributed by atoms with Crippen molar-refractivity contribution in [1.82, 2.24) is 10.2 Å². The number of Topliss-reactive ketones (excluding diaryl/α,β-unsaturated/α-hetero) is 1. The summed E-state index contributed by atoms with van der Waals surface area (Å²) in [6, 6.07) is 18.7. The van der Waals surface area contributed by atoms with Gasteiger partial charge in [-0.1, -0.05) is 42.5 Å². The van der Waals surface area contributed by atoms with Crippen molar-refractivity contribution in [2.24, 2.45) is 0 Å². The van der Waals surface area contributed by atoms with E-state index >= 15 is 0 Å². The number of carbonyl (C=O) groups is 2. The van der Waals surface area contributed by atoms with Crippen LogP contribution in [-0.4, -0.2) is 34.8 Å². The van der Waals surface area contributed by atoms with Crippen LogP contribution in [0.25, 0.3) is 0 Å². The Hall–Kier alpha value is -2.66. The molecular formula is C23H27N3O2. The lowest BCUT2D eigenvalue weighted by Gasteiger charge is -2.39. The average Bonchev–Trinajstić information content (AvgIpc) is 2.91. The molecule has 2 amide bonds. The number of urea groups is 1. The topological polar surface area (TPSA) is 61.4 Å². The average molecular weight is 377 g/mol. The molecule has 2 aliphatic rings. The minimum absolute atomic E-state index is 0.00794. The van der Waals surface area contributed by atoms with Crippen LogP contribution < -0.4 is 10.6 Å². The largest absolute Gasteiger partial charge is 0.335 e. The highest BCUT2D eigenvalue weighted by Crippen LogP contribution is 2.36. The second-order valence-electron chi connectivity index (χ2n) is 7.95. The molecule has 2 aromatic carbocycles. The molecular weight excluding hydrogens is 350 g/mol. The van der Waals surface area contributed by atoms with Crippen molar-refractivity contribution in [3.05, 3.63) is 65.7 Å². The van der Waals surface area contributed by atoms with E-state index in [0.717, 1.165) is 19.4 Å². The number of nitrogens with one attached hydrogen (secondary N) is 2. The van der Waals surface area contributed by atoms with E-state index in [0.29, 0.717) is 23.3 Å². The highest BCUT2D eigenvalue weighted by atomic mass is 16.2. The van der Waals surface area contributed by atoms with Gasteiger partial charge >= 0.3 is 6.03 Å². The molecule has 0 aliphatic carbocycles. The normalized spacial score (nSPS) is 24.0. The van der Waals surface area contributed by atoms with Crippen LogP contribution in [0.4, 0.5) is 10.5 Å². The van der Waals surface area contributed by atoms with Gasteiger partial charge in [0.25, 0.3) is 0 Å². The van der Waals surface area contributed by atoms with E-state index in [9.17, 15) is 9.59 Å². The summed E-state index contributed by atoms with van der Waals surface area (Å²) in [6.45, 7) is 2.52. The zero-order valence-electron chi connectivity index (χ0n) is 16.2. The number of carbonyl (C=O) groups excluding carboxylic acids is 2. The van der Waals surface area contributed by atoms with Gasteiger partial charge in [-0.05, 0) is 50.3 Å². The lowest BCUT2D eigenvalue weighted by atomic mass is 9.96. The van der Waals surface area contributed by atoms with Crippen molar-refractivity contribution in [1.29, 1.82) is 0 Å². The zero-order valence-corrected chi connectivity index (χ0v) is 16.2. The predicted octanol–water partition coefficient (Wildman–Crippen LogP) is 4.21. The first-order valence-corrected chi connectivity index (χ1v) is 10.1. The van der Waals surface area contributed by atoms with Gasteiger partial charge in [0.2, 0.25) is 0 Å². The maximum absolute atomic E-state index is 12.4. The first-order valence-electron chi connectivity index (χ1n) is 10.1. The highest BCUT2D eigenvalue weighted by molar-refractivity contribution is 5.96. The number of benzene rings is 2. The van der Waals surface area contributed by atoms with Crippen molar-refractivity contribution < 1.29 is 9.59 Å². The van der Waals surface area contributed by atoms with Crippen molar-refractivity contribution in [2.75, 3.05) is 5.32 Å². The molecule has 2 fully saturated rings. The van der Waals surface area contributed by atoms with Crippen LogP contribution in [-0.2, 0) is 6.54 Å². The fourth-order valence-corrected chi connectivity index (χ4v) is 4.61. The minimum atomic E-state index is -0.193. The molecule has 0 saturated carbocycles. The SMILES string of the molecule is CC(=O)c1cccc(NC(=O)NC2C[C@H]3CC[C@@H](C2)N3Cc2ccccc2)c1. The minimum Gasteiger partial charge on any atom is -0.335 e. The summed E-state index contributed by atoms with van der Waals surface area (Å²) in [5, 5.41) is 6.01. The molecule has 0 spiro atoms. The maximum Gasteiger partial charge on any atom is 0.319 e. The molecule has 2 N–H and O–H groups in total. The maximum atomic E-state index is 12.4. The lowest BCUT2D eigenvalue weighted by molar-refractivity contribution is 0.101. The summed E-state index contributed by atoms with van der Waals surface area (Å²) in [5.74, 6) is -0.00794. The van der Waals surface area contributed by atoms with Crippen LogP contribution >= 0.6 is 0 Å². The van der Waals surface area contributed by atoms with E-state index in [1.54, 1.807) is 24.3 Å². The van der Waals surface area contributed by atoms with Gasteiger partial charge in [0.1, 0.15) is 0 Å². The number of hydrogen-bond acceptors (Lipinski definition) is 3. The summed E-state index contributed by atoms with van der Waals surface area (Å²) in [5.41, 5.74) is 2.61. The van der Waals surface area contributed by atoms with Crippen LogP contribution in [0, 0.1) is 0 Å². The third kappa shape index (κ3) is 4.25. The van der Waals surface area contributed by atoms with Crippen LogP contribution in [0.15, 0.2) is 54.6 Å². The first-order chi connectivity index (χ1) is 13.6. The monoisotopic (exact) mass is 377 g/mol. The third-order valence-corrected chi connectivity index (χ3v) is 5.95.